The molecule has 104 valence electrons. The Hall–Kier alpha value is -2.40. The molecule has 5 nitrogen and oxygen atoms in total. The van der Waals surface area contributed by atoms with Crippen molar-refractivity contribution in [2.45, 2.75) is 13.5 Å². The van der Waals surface area contributed by atoms with E-state index in [0.29, 0.717) is 12.1 Å². The molecule has 0 fully saturated rings. The predicted molar refractivity (Wildman–Crippen MR) is 79.2 cm³/mol. The van der Waals surface area contributed by atoms with Crippen LogP contribution in [0.2, 0.25) is 0 Å². The second kappa shape index (κ2) is 6.16. The summed E-state index contributed by atoms with van der Waals surface area (Å²) in [6, 6.07) is 11.8. The molecule has 0 aliphatic carbocycles. The third-order valence-corrected chi connectivity index (χ3v) is 3.06. The number of aryl methyl sites for hydroxylation is 1. The van der Waals surface area contributed by atoms with Gasteiger partial charge in [0.05, 0.1) is 17.8 Å². The third-order valence-electron chi connectivity index (χ3n) is 3.06. The standard InChI is InChI=1S/C15H18N4O/c1-11-4-3-5-14(8-11)19(2)10-13-7-6-12(9-17-13)15(20)18-16/h3-9H,10,16H2,1-2H3,(H,18,20). The fourth-order valence-electron chi connectivity index (χ4n) is 1.94. The number of nitrogen functional groups attached to an aromatic ring is 1. The Morgan fingerprint density at radius 2 is 2.15 bits per heavy atom. The van der Waals surface area contributed by atoms with Crippen LogP contribution in [0.4, 0.5) is 5.69 Å². The number of amides is 1. The van der Waals surface area contributed by atoms with E-state index in [4.69, 9.17) is 5.84 Å². The molecule has 0 saturated carbocycles. The molecule has 0 aliphatic heterocycles. The smallest absolute Gasteiger partial charge is 0.266 e. The molecular formula is C15H18N4O. The van der Waals surface area contributed by atoms with Crippen molar-refractivity contribution in [3.63, 3.8) is 0 Å². The summed E-state index contributed by atoms with van der Waals surface area (Å²) >= 11 is 0. The van der Waals surface area contributed by atoms with Crippen molar-refractivity contribution in [3.05, 3.63) is 59.4 Å². The van der Waals surface area contributed by atoms with Crippen molar-refractivity contribution in [1.29, 1.82) is 0 Å². The topological polar surface area (TPSA) is 71.2 Å². The number of nitrogens with two attached hydrogens (primary N) is 1. The summed E-state index contributed by atoms with van der Waals surface area (Å²) < 4.78 is 0. The number of carbonyl (C=O) groups excluding carboxylic acids is 1. The summed E-state index contributed by atoms with van der Waals surface area (Å²) in [6.45, 7) is 2.74. The molecule has 0 radical (unpaired) electrons. The SMILES string of the molecule is Cc1cccc(N(C)Cc2ccc(C(=O)NN)cn2)c1. The minimum absolute atomic E-state index is 0.337. The highest BCUT2D eigenvalue weighted by atomic mass is 16.2. The first kappa shape index (κ1) is 14.0. The lowest BCUT2D eigenvalue weighted by molar-refractivity contribution is 0.0953. The number of rotatable bonds is 4. The first-order valence-corrected chi connectivity index (χ1v) is 6.34. The van der Waals surface area contributed by atoms with Gasteiger partial charge in [-0.2, -0.15) is 0 Å². The Kier molecular flexibility index (Phi) is 4.32. The van der Waals surface area contributed by atoms with E-state index in [1.54, 1.807) is 6.07 Å². The van der Waals surface area contributed by atoms with Gasteiger partial charge in [-0.25, -0.2) is 5.84 Å². The maximum Gasteiger partial charge on any atom is 0.266 e. The highest BCUT2D eigenvalue weighted by Gasteiger charge is 2.06. The van der Waals surface area contributed by atoms with Gasteiger partial charge in [-0.1, -0.05) is 12.1 Å². The molecule has 20 heavy (non-hydrogen) atoms. The van der Waals surface area contributed by atoms with E-state index in [2.05, 4.69) is 40.4 Å². The molecule has 0 atom stereocenters. The highest BCUT2D eigenvalue weighted by Crippen LogP contribution is 2.16. The molecule has 0 spiro atoms. The summed E-state index contributed by atoms with van der Waals surface area (Å²) in [4.78, 5) is 17.7. The number of aromatic nitrogens is 1. The molecule has 0 saturated heterocycles. The molecule has 1 amide bonds. The van der Waals surface area contributed by atoms with Crippen LogP contribution in [0.25, 0.3) is 0 Å². The molecule has 0 bridgehead atoms. The van der Waals surface area contributed by atoms with Crippen molar-refractivity contribution in [1.82, 2.24) is 10.4 Å². The van der Waals surface area contributed by atoms with Gasteiger partial charge >= 0.3 is 0 Å². The number of nitrogens with one attached hydrogen (secondary N) is 1. The minimum Gasteiger partial charge on any atom is -0.369 e. The zero-order valence-corrected chi connectivity index (χ0v) is 11.6. The van der Waals surface area contributed by atoms with E-state index < -0.39 is 0 Å². The van der Waals surface area contributed by atoms with Gasteiger partial charge in [0, 0.05) is 18.9 Å². The Labute approximate surface area is 118 Å². The van der Waals surface area contributed by atoms with E-state index in [1.165, 1.54) is 11.8 Å². The average Bonchev–Trinajstić information content (AvgIpc) is 2.47. The molecular weight excluding hydrogens is 252 g/mol. The van der Waals surface area contributed by atoms with Crippen LogP contribution < -0.4 is 16.2 Å². The first-order valence-electron chi connectivity index (χ1n) is 6.34. The molecule has 1 heterocycles. The predicted octanol–water partition coefficient (Wildman–Crippen LogP) is 1.63. The number of carbonyl (C=O) groups is 1. The van der Waals surface area contributed by atoms with E-state index in [9.17, 15) is 4.79 Å². The zero-order chi connectivity index (χ0) is 14.5. The second-order valence-corrected chi connectivity index (χ2v) is 4.71. The maximum atomic E-state index is 11.3. The van der Waals surface area contributed by atoms with Gasteiger partial charge in [-0.05, 0) is 36.8 Å². The largest absolute Gasteiger partial charge is 0.369 e. The molecule has 1 aromatic carbocycles. The number of anilines is 1. The molecule has 0 unspecified atom stereocenters. The zero-order valence-electron chi connectivity index (χ0n) is 11.6. The summed E-state index contributed by atoms with van der Waals surface area (Å²) in [6.07, 6.45) is 1.53. The number of hydrazine groups is 1. The number of benzene rings is 1. The molecule has 5 heteroatoms. The van der Waals surface area contributed by atoms with Crippen LogP contribution >= 0.6 is 0 Å². The van der Waals surface area contributed by atoms with Crippen LogP contribution in [0.15, 0.2) is 42.6 Å². The average molecular weight is 270 g/mol. The Morgan fingerprint density at radius 3 is 2.75 bits per heavy atom. The van der Waals surface area contributed by atoms with Crippen molar-refractivity contribution in [3.8, 4) is 0 Å². The Morgan fingerprint density at radius 1 is 1.35 bits per heavy atom. The monoisotopic (exact) mass is 270 g/mol. The Balaban J connectivity index is 2.08. The van der Waals surface area contributed by atoms with E-state index in [0.717, 1.165) is 11.4 Å². The van der Waals surface area contributed by atoms with Gasteiger partial charge in [0.1, 0.15) is 0 Å². The van der Waals surface area contributed by atoms with Gasteiger partial charge in [0.15, 0.2) is 0 Å². The second-order valence-electron chi connectivity index (χ2n) is 4.71. The van der Waals surface area contributed by atoms with E-state index >= 15 is 0 Å². The van der Waals surface area contributed by atoms with Crippen LogP contribution in [0, 0.1) is 6.92 Å². The van der Waals surface area contributed by atoms with E-state index in [-0.39, 0.29) is 5.91 Å². The van der Waals surface area contributed by atoms with Gasteiger partial charge in [0.2, 0.25) is 0 Å². The van der Waals surface area contributed by atoms with Gasteiger partial charge in [-0.15, -0.1) is 0 Å². The van der Waals surface area contributed by atoms with Gasteiger partial charge in [0.25, 0.3) is 5.91 Å². The van der Waals surface area contributed by atoms with Crippen molar-refractivity contribution >= 4 is 11.6 Å². The van der Waals surface area contributed by atoms with Crippen molar-refractivity contribution < 1.29 is 4.79 Å². The van der Waals surface area contributed by atoms with Crippen LogP contribution in [-0.2, 0) is 6.54 Å². The fraction of sp³-hybridized carbons (Fsp3) is 0.200. The third kappa shape index (κ3) is 3.33. The van der Waals surface area contributed by atoms with Crippen LogP contribution in [0.3, 0.4) is 0 Å². The molecule has 2 rings (SSSR count). The molecule has 1 aromatic heterocycles. The fourth-order valence-corrected chi connectivity index (χ4v) is 1.94. The highest BCUT2D eigenvalue weighted by molar-refractivity contribution is 5.93. The lowest BCUT2D eigenvalue weighted by Crippen LogP contribution is -2.30. The quantitative estimate of drug-likeness (QED) is 0.503. The van der Waals surface area contributed by atoms with Crippen molar-refractivity contribution in [2.24, 2.45) is 5.84 Å². The Bertz CT molecular complexity index is 595. The van der Waals surface area contributed by atoms with Crippen LogP contribution in [0.5, 0.6) is 0 Å². The summed E-state index contributed by atoms with van der Waals surface area (Å²) in [5, 5.41) is 0. The summed E-state index contributed by atoms with van der Waals surface area (Å²) in [5.41, 5.74) is 5.78. The van der Waals surface area contributed by atoms with Crippen LogP contribution in [-0.4, -0.2) is 17.9 Å². The van der Waals surface area contributed by atoms with Gasteiger partial charge in [-0.3, -0.25) is 15.2 Å². The van der Waals surface area contributed by atoms with Gasteiger partial charge < -0.3 is 4.90 Å². The van der Waals surface area contributed by atoms with E-state index in [1.807, 2.05) is 19.2 Å². The number of hydrogen-bond donors (Lipinski definition) is 2. The molecule has 2 aromatic rings. The number of pyridine rings is 1. The number of hydrogen-bond acceptors (Lipinski definition) is 4. The minimum atomic E-state index is -0.337. The summed E-state index contributed by atoms with van der Waals surface area (Å²) in [5.74, 6) is 4.74. The molecule has 0 aliphatic rings. The number of nitrogens with zero attached hydrogens (tertiary/aromatic N) is 2. The lowest BCUT2D eigenvalue weighted by atomic mass is 10.2. The lowest BCUT2D eigenvalue weighted by Gasteiger charge is -2.19. The summed E-state index contributed by atoms with van der Waals surface area (Å²) in [7, 11) is 2.01. The first-order chi connectivity index (χ1) is 9.60. The normalized spacial score (nSPS) is 10.2. The van der Waals surface area contributed by atoms with Crippen molar-refractivity contribution in [2.75, 3.05) is 11.9 Å². The van der Waals surface area contributed by atoms with Crippen LogP contribution in [0.1, 0.15) is 21.6 Å². The molecule has 3 N–H and O–H groups in total. The maximum absolute atomic E-state index is 11.3.